The molecule has 1 aromatic heterocycles. The molecule has 114 valence electrons. The van der Waals surface area contributed by atoms with Crippen LogP contribution < -0.4 is 9.80 Å². The largest absolute Gasteiger partial charge is 0.406 e. The highest BCUT2D eigenvalue weighted by atomic mass is 79.9. The lowest BCUT2D eigenvalue weighted by Crippen LogP contribution is -2.55. The van der Waals surface area contributed by atoms with Crippen LogP contribution in [0.2, 0.25) is 0 Å². The lowest BCUT2D eigenvalue weighted by molar-refractivity contribution is -0.133. The minimum Gasteiger partial charge on any atom is -0.340 e. The fourth-order valence-corrected chi connectivity index (χ4v) is 2.95. The molecule has 1 atom stereocenters. The van der Waals surface area contributed by atoms with Crippen molar-refractivity contribution in [2.24, 2.45) is 0 Å². The van der Waals surface area contributed by atoms with Gasteiger partial charge in [0.05, 0.1) is 5.69 Å². The Kier molecular flexibility index (Phi) is 3.38. The van der Waals surface area contributed by atoms with Crippen molar-refractivity contribution in [2.75, 3.05) is 16.3 Å². The van der Waals surface area contributed by atoms with Gasteiger partial charge in [-0.05, 0) is 47.8 Å². The zero-order chi connectivity index (χ0) is 15.4. The number of carbonyl (C=O) groups excluding carboxylic acids is 1. The summed E-state index contributed by atoms with van der Waals surface area (Å²) in [7, 11) is 0. The smallest absolute Gasteiger partial charge is 0.340 e. The van der Waals surface area contributed by atoms with Gasteiger partial charge in [-0.15, -0.1) is 0 Å². The first-order chi connectivity index (χ1) is 9.78. The maximum absolute atomic E-state index is 12.7. The Labute approximate surface area is 128 Å². The summed E-state index contributed by atoms with van der Waals surface area (Å²) in [6, 6.07) is 2.63. The van der Waals surface area contributed by atoms with E-state index in [-0.39, 0.29) is 11.7 Å². The number of alkyl halides is 3. The number of carbonyl (C=O) groups is 1. The van der Waals surface area contributed by atoms with E-state index in [1.807, 2.05) is 4.90 Å². The Hall–Kier alpha value is -1.31. The molecule has 0 N–H and O–H groups in total. The monoisotopic (exact) mass is 363 g/mol. The number of rotatable bonds is 2. The van der Waals surface area contributed by atoms with Crippen molar-refractivity contribution >= 4 is 33.3 Å². The fourth-order valence-electron chi connectivity index (χ4n) is 2.65. The zero-order valence-corrected chi connectivity index (χ0v) is 12.8. The van der Waals surface area contributed by atoms with Gasteiger partial charge in [-0.2, -0.15) is 13.2 Å². The molecule has 0 spiro atoms. The van der Waals surface area contributed by atoms with Crippen LogP contribution in [-0.2, 0) is 4.79 Å². The van der Waals surface area contributed by atoms with E-state index in [1.54, 1.807) is 13.0 Å². The number of fused-ring (bicyclic) bond motifs is 1. The molecule has 0 radical (unpaired) electrons. The third-order valence-corrected chi connectivity index (χ3v) is 4.12. The first kappa shape index (κ1) is 14.6. The van der Waals surface area contributed by atoms with E-state index in [2.05, 4.69) is 20.9 Å². The van der Waals surface area contributed by atoms with E-state index in [1.165, 1.54) is 6.07 Å². The quantitative estimate of drug-likeness (QED) is 0.757. The predicted molar refractivity (Wildman–Crippen MR) is 75.3 cm³/mol. The molecular formula is C13H13BrF3N3O. The highest BCUT2D eigenvalue weighted by Crippen LogP contribution is 2.42. The SMILES string of the molecule is CC1C(=O)N(CC(F)(F)F)c2ccc(Br)nc2N1C1CC1. The number of anilines is 2. The summed E-state index contributed by atoms with van der Waals surface area (Å²) in [4.78, 5) is 19.3. The average molecular weight is 364 g/mol. The van der Waals surface area contributed by atoms with Gasteiger partial charge in [0, 0.05) is 6.04 Å². The second kappa shape index (κ2) is 4.86. The highest BCUT2D eigenvalue weighted by molar-refractivity contribution is 9.10. The van der Waals surface area contributed by atoms with E-state index in [9.17, 15) is 18.0 Å². The molecule has 4 nitrogen and oxygen atoms in total. The molecule has 2 heterocycles. The second-order valence-electron chi connectivity index (χ2n) is 5.33. The van der Waals surface area contributed by atoms with Crippen LogP contribution in [0.5, 0.6) is 0 Å². The summed E-state index contributed by atoms with van der Waals surface area (Å²) in [6.07, 6.45) is -2.57. The van der Waals surface area contributed by atoms with Gasteiger partial charge in [0.1, 0.15) is 17.2 Å². The third-order valence-electron chi connectivity index (χ3n) is 3.67. The van der Waals surface area contributed by atoms with Gasteiger partial charge < -0.3 is 4.90 Å². The van der Waals surface area contributed by atoms with E-state index in [0.717, 1.165) is 17.7 Å². The van der Waals surface area contributed by atoms with E-state index < -0.39 is 24.7 Å². The summed E-state index contributed by atoms with van der Waals surface area (Å²) in [5.41, 5.74) is 0.227. The molecule has 8 heteroatoms. The van der Waals surface area contributed by atoms with Crippen molar-refractivity contribution in [1.29, 1.82) is 0 Å². The summed E-state index contributed by atoms with van der Waals surface area (Å²) in [6.45, 7) is 0.348. The Balaban J connectivity index is 2.07. The molecule has 1 amide bonds. The van der Waals surface area contributed by atoms with Gasteiger partial charge in [-0.3, -0.25) is 9.69 Å². The number of hydrogen-bond donors (Lipinski definition) is 0. The van der Waals surface area contributed by atoms with E-state index in [0.29, 0.717) is 10.4 Å². The molecule has 21 heavy (non-hydrogen) atoms. The van der Waals surface area contributed by atoms with Gasteiger partial charge in [0.15, 0.2) is 5.82 Å². The first-order valence-electron chi connectivity index (χ1n) is 6.61. The Morgan fingerprint density at radius 3 is 2.62 bits per heavy atom. The highest BCUT2D eigenvalue weighted by Gasteiger charge is 2.46. The summed E-state index contributed by atoms with van der Waals surface area (Å²) in [5, 5.41) is 0. The Morgan fingerprint density at radius 2 is 2.05 bits per heavy atom. The summed E-state index contributed by atoms with van der Waals surface area (Å²) in [5.74, 6) is -0.0842. The number of pyridine rings is 1. The molecule has 2 aliphatic rings. The molecule has 3 rings (SSSR count). The maximum Gasteiger partial charge on any atom is 0.406 e. The lowest BCUT2D eigenvalue weighted by atomic mass is 10.1. The van der Waals surface area contributed by atoms with Crippen molar-refractivity contribution in [3.8, 4) is 0 Å². The summed E-state index contributed by atoms with van der Waals surface area (Å²) >= 11 is 3.24. The maximum atomic E-state index is 12.7. The van der Waals surface area contributed by atoms with Crippen molar-refractivity contribution < 1.29 is 18.0 Å². The van der Waals surface area contributed by atoms with Crippen LogP contribution in [0, 0.1) is 0 Å². The number of nitrogens with zero attached hydrogens (tertiary/aromatic N) is 3. The molecule has 0 bridgehead atoms. The first-order valence-corrected chi connectivity index (χ1v) is 7.40. The minimum atomic E-state index is -4.44. The summed E-state index contributed by atoms with van der Waals surface area (Å²) < 4.78 is 38.8. The van der Waals surface area contributed by atoms with Crippen LogP contribution in [0.4, 0.5) is 24.7 Å². The molecular weight excluding hydrogens is 351 g/mol. The minimum absolute atomic E-state index is 0.192. The Bertz CT molecular complexity index is 589. The third kappa shape index (κ3) is 2.73. The molecule has 1 unspecified atom stereocenters. The number of aromatic nitrogens is 1. The molecule has 0 aromatic carbocycles. The van der Waals surface area contributed by atoms with Crippen LogP contribution >= 0.6 is 15.9 Å². The van der Waals surface area contributed by atoms with Gasteiger partial charge in [-0.1, -0.05) is 0 Å². The number of amides is 1. The van der Waals surface area contributed by atoms with Crippen LogP contribution in [-0.4, -0.2) is 35.7 Å². The van der Waals surface area contributed by atoms with Crippen LogP contribution in [0.3, 0.4) is 0 Å². The zero-order valence-electron chi connectivity index (χ0n) is 11.2. The fraction of sp³-hybridized carbons (Fsp3) is 0.538. The van der Waals surface area contributed by atoms with Crippen molar-refractivity contribution in [2.45, 2.75) is 38.0 Å². The molecule has 0 saturated heterocycles. The topological polar surface area (TPSA) is 36.4 Å². The predicted octanol–water partition coefficient (Wildman–Crippen LogP) is 3.11. The normalized spacial score (nSPS) is 22.5. The van der Waals surface area contributed by atoms with E-state index >= 15 is 0 Å². The van der Waals surface area contributed by atoms with Gasteiger partial charge in [-0.25, -0.2) is 4.98 Å². The van der Waals surface area contributed by atoms with Crippen molar-refractivity contribution in [3.05, 3.63) is 16.7 Å². The van der Waals surface area contributed by atoms with Gasteiger partial charge in [0.25, 0.3) is 0 Å². The average Bonchev–Trinajstić information content (AvgIpc) is 3.18. The number of halogens is 4. The van der Waals surface area contributed by atoms with Gasteiger partial charge in [0.2, 0.25) is 5.91 Å². The lowest BCUT2D eigenvalue weighted by Gasteiger charge is -2.41. The van der Waals surface area contributed by atoms with Crippen molar-refractivity contribution in [3.63, 3.8) is 0 Å². The van der Waals surface area contributed by atoms with Crippen LogP contribution in [0.15, 0.2) is 16.7 Å². The van der Waals surface area contributed by atoms with Crippen LogP contribution in [0.1, 0.15) is 19.8 Å². The molecule has 1 aromatic rings. The van der Waals surface area contributed by atoms with Crippen molar-refractivity contribution in [1.82, 2.24) is 4.98 Å². The van der Waals surface area contributed by atoms with Gasteiger partial charge >= 0.3 is 6.18 Å². The molecule has 1 fully saturated rings. The standard InChI is InChI=1S/C13H13BrF3N3O/c1-7-12(21)19(6-13(15,16)17)9-4-5-10(14)18-11(9)20(7)8-2-3-8/h4-5,7-8H,2-3,6H2,1H3. The van der Waals surface area contributed by atoms with E-state index in [4.69, 9.17) is 0 Å². The molecule has 1 saturated carbocycles. The molecule has 1 aliphatic heterocycles. The van der Waals surface area contributed by atoms with Crippen LogP contribution in [0.25, 0.3) is 0 Å². The Morgan fingerprint density at radius 1 is 1.38 bits per heavy atom. The number of hydrogen-bond acceptors (Lipinski definition) is 3. The molecule has 1 aliphatic carbocycles. The second-order valence-corrected chi connectivity index (χ2v) is 6.14.